The van der Waals surface area contributed by atoms with Gasteiger partial charge in [0.05, 0.1) is 5.56 Å². The minimum atomic E-state index is -0.531. The summed E-state index contributed by atoms with van der Waals surface area (Å²) in [5, 5.41) is 3.68. The van der Waals surface area contributed by atoms with Crippen molar-refractivity contribution in [3.63, 3.8) is 0 Å². The van der Waals surface area contributed by atoms with E-state index in [0.29, 0.717) is 5.56 Å². The summed E-state index contributed by atoms with van der Waals surface area (Å²) >= 11 is 2.16. The van der Waals surface area contributed by atoms with E-state index in [1.807, 2.05) is 43.3 Å². The second-order valence-electron chi connectivity index (χ2n) is 4.23. The molecule has 4 nitrogen and oxygen atoms in total. The molecular weight excluding hydrogens is 367 g/mol. The Bertz CT molecular complexity index is 651. The highest BCUT2D eigenvalue weighted by molar-refractivity contribution is 14.1. The average Bonchev–Trinajstić information content (AvgIpc) is 2.45. The van der Waals surface area contributed by atoms with Crippen LogP contribution in [-0.2, 0) is 4.84 Å². The second-order valence-corrected chi connectivity index (χ2v) is 5.48. The molecule has 2 N–H and O–H groups in total. The second kappa shape index (κ2) is 6.51. The molecule has 2 aromatic carbocycles. The summed E-state index contributed by atoms with van der Waals surface area (Å²) in [4.78, 5) is 16.6. The predicted octanol–water partition coefficient (Wildman–Crippen LogP) is 3.08. The molecule has 0 spiro atoms. The summed E-state index contributed by atoms with van der Waals surface area (Å²) in [6.45, 7) is 1.95. The molecule has 0 aliphatic heterocycles. The number of hydrogen-bond donors (Lipinski definition) is 1. The molecule has 0 saturated heterocycles. The Morgan fingerprint density at radius 1 is 1.15 bits per heavy atom. The quantitative estimate of drug-likeness (QED) is 0.293. The first-order valence-corrected chi connectivity index (χ1v) is 7.01. The van der Waals surface area contributed by atoms with Crippen LogP contribution in [0.1, 0.15) is 21.5 Å². The van der Waals surface area contributed by atoms with Gasteiger partial charge in [0, 0.05) is 9.13 Å². The van der Waals surface area contributed by atoms with Crippen molar-refractivity contribution in [1.29, 1.82) is 0 Å². The maximum atomic E-state index is 11.8. The Hall–Kier alpha value is -1.89. The zero-order valence-electron chi connectivity index (χ0n) is 10.8. The molecule has 5 heteroatoms. The van der Waals surface area contributed by atoms with E-state index in [4.69, 9.17) is 10.6 Å². The molecule has 0 amide bonds. The number of carbonyl (C=O) groups excluding carboxylic acids is 1. The van der Waals surface area contributed by atoms with Crippen LogP contribution in [0, 0.1) is 10.5 Å². The molecule has 0 atom stereocenters. The topological polar surface area (TPSA) is 64.7 Å². The maximum Gasteiger partial charge on any atom is 0.365 e. The largest absolute Gasteiger partial charge is 0.380 e. The van der Waals surface area contributed by atoms with Crippen molar-refractivity contribution in [1.82, 2.24) is 0 Å². The number of nitrogens with zero attached hydrogens (tertiary/aromatic N) is 1. The highest BCUT2D eigenvalue weighted by Crippen LogP contribution is 2.09. The zero-order chi connectivity index (χ0) is 14.5. The Balaban J connectivity index is 2.08. The van der Waals surface area contributed by atoms with Crippen molar-refractivity contribution in [3.05, 3.63) is 68.8 Å². The standard InChI is InChI=1S/C15H13IN2O2/c1-10-3-2-4-12(9-10)14(17)18-20-15(19)11-5-7-13(16)8-6-11/h2-9H,1H3,(H2,17,18). The Morgan fingerprint density at radius 2 is 1.85 bits per heavy atom. The van der Waals surface area contributed by atoms with Gasteiger partial charge in [-0.2, -0.15) is 0 Å². The molecule has 102 valence electrons. The van der Waals surface area contributed by atoms with Gasteiger partial charge in [0.2, 0.25) is 0 Å². The van der Waals surface area contributed by atoms with Gasteiger partial charge in [0.15, 0.2) is 5.84 Å². The maximum absolute atomic E-state index is 11.8. The van der Waals surface area contributed by atoms with Gasteiger partial charge < -0.3 is 10.6 Å². The number of benzene rings is 2. The number of oxime groups is 1. The van der Waals surface area contributed by atoms with E-state index in [-0.39, 0.29) is 5.84 Å². The first-order valence-electron chi connectivity index (χ1n) is 5.93. The molecule has 0 bridgehead atoms. The molecule has 2 aromatic rings. The van der Waals surface area contributed by atoms with Gasteiger partial charge in [-0.1, -0.05) is 28.9 Å². The number of carbonyl (C=O) groups is 1. The van der Waals surface area contributed by atoms with Crippen LogP contribution in [0.15, 0.2) is 53.7 Å². The normalized spacial score (nSPS) is 11.2. The van der Waals surface area contributed by atoms with E-state index in [0.717, 1.165) is 14.7 Å². The lowest BCUT2D eigenvalue weighted by molar-refractivity contribution is 0.0516. The number of halogens is 1. The molecule has 0 aliphatic carbocycles. The highest BCUT2D eigenvalue weighted by Gasteiger charge is 2.07. The van der Waals surface area contributed by atoms with E-state index in [9.17, 15) is 4.79 Å². The minimum absolute atomic E-state index is 0.174. The molecule has 0 heterocycles. The molecule has 20 heavy (non-hydrogen) atoms. The molecular formula is C15H13IN2O2. The summed E-state index contributed by atoms with van der Waals surface area (Å²) in [5.74, 6) is -0.357. The number of rotatable bonds is 3. The van der Waals surface area contributed by atoms with Gasteiger partial charge in [0.1, 0.15) is 0 Å². The Labute approximate surface area is 130 Å². The van der Waals surface area contributed by atoms with Crippen LogP contribution in [0.2, 0.25) is 0 Å². The number of nitrogens with two attached hydrogens (primary N) is 1. The Morgan fingerprint density at radius 3 is 2.50 bits per heavy atom. The molecule has 0 unspecified atom stereocenters. The summed E-state index contributed by atoms with van der Waals surface area (Å²) in [5.41, 5.74) is 8.00. The van der Waals surface area contributed by atoms with Gasteiger partial charge in [0.25, 0.3) is 0 Å². The van der Waals surface area contributed by atoms with E-state index in [1.165, 1.54) is 0 Å². The van der Waals surface area contributed by atoms with Crippen molar-refractivity contribution in [2.45, 2.75) is 6.92 Å². The van der Waals surface area contributed by atoms with Gasteiger partial charge in [-0.25, -0.2) is 4.79 Å². The van der Waals surface area contributed by atoms with E-state index < -0.39 is 5.97 Å². The molecule has 0 aliphatic rings. The summed E-state index contributed by atoms with van der Waals surface area (Å²) in [6.07, 6.45) is 0. The van der Waals surface area contributed by atoms with Gasteiger partial charge in [-0.15, -0.1) is 0 Å². The van der Waals surface area contributed by atoms with Gasteiger partial charge in [-0.3, -0.25) is 0 Å². The Kier molecular flexibility index (Phi) is 4.73. The van der Waals surface area contributed by atoms with Crippen molar-refractivity contribution >= 4 is 34.4 Å². The lowest BCUT2D eigenvalue weighted by Gasteiger charge is -2.02. The predicted molar refractivity (Wildman–Crippen MR) is 86.5 cm³/mol. The third-order valence-corrected chi connectivity index (χ3v) is 3.34. The van der Waals surface area contributed by atoms with Crippen LogP contribution >= 0.6 is 22.6 Å². The molecule has 0 radical (unpaired) electrons. The third-order valence-electron chi connectivity index (χ3n) is 2.62. The average molecular weight is 380 g/mol. The highest BCUT2D eigenvalue weighted by atomic mass is 127. The SMILES string of the molecule is Cc1cccc(/C(N)=N/OC(=O)c2ccc(I)cc2)c1. The summed E-state index contributed by atoms with van der Waals surface area (Å²) < 4.78 is 1.04. The lowest BCUT2D eigenvalue weighted by atomic mass is 10.1. The molecule has 0 aromatic heterocycles. The van der Waals surface area contributed by atoms with Crippen LogP contribution in [0.4, 0.5) is 0 Å². The van der Waals surface area contributed by atoms with Gasteiger partial charge in [-0.05, 0) is 59.8 Å². The van der Waals surface area contributed by atoms with Crippen LogP contribution < -0.4 is 5.73 Å². The van der Waals surface area contributed by atoms with Crippen molar-refractivity contribution in [3.8, 4) is 0 Å². The van der Waals surface area contributed by atoms with E-state index in [2.05, 4.69) is 27.7 Å². The fraction of sp³-hybridized carbons (Fsp3) is 0.0667. The van der Waals surface area contributed by atoms with Crippen LogP contribution in [0.25, 0.3) is 0 Å². The summed E-state index contributed by atoms with van der Waals surface area (Å²) in [7, 11) is 0. The lowest BCUT2D eigenvalue weighted by Crippen LogP contribution is -2.15. The minimum Gasteiger partial charge on any atom is -0.380 e. The van der Waals surface area contributed by atoms with E-state index >= 15 is 0 Å². The molecule has 0 saturated carbocycles. The van der Waals surface area contributed by atoms with Gasteiger partial charge >= 0.3 is 5.97 Å². The van der Waals surface area contributed by atoms with Crippen LogP contribution in [0.5, 0.6) is 0 Å². The monoisotopic (exact) mass is 380 g/mol. The van der Waals surface area contributed by atoms with Crippen molar-refractivity contribution < 1.29 is 9.63 Å². The molecule has 2 rings (SSSR count). The van der Waals surface area contributed by atoms with E-state index in [1.54, 1.807) is 12.1 Å². The van der Waals surface area contributed by atoms with Crippen molar-refractivity contribution in [2.75, 3.05) is 0 Å². The summed E-state index contributed by atoms with van der Waals surface area (Å²) in [6, 6.07) is 14.5. The first-order chi connectivity index (χ1) is 9.56. The van der Waals surface area contributed by atoms with Crippen LogP contribution in [0.3, 0.4) is 0 Å². The smallest absolute Gasteiger partial charge is 0.365 e. The number of amidine groups is 1. The van der Waals surface area contributed by atoms with Crippen LogP contribution in [-0.4, -0.2) is 11.8 Å². The third kappa shape index (κ3) is 3.80. The fourth-order valence-corrected chi connectivity index (χ4v) is 1.95. The zero-order valence-corrected chi connectivity index (χ0v) is 13.0. The first kappa shape index (κ1) is 14.5. The number of aryl methyl sites for hydroxylation is 1. The number of hydrogen-bond acceptors (Lipinski definition) is 3. The molecule has 0 fully saturated rings. The fourth-order valence-electron chi connectivity index (χ4n) is 1.59. The van der Waals surface area contributed by atoms with Crippen molar-refractivity contribution in [2.24, 2.45) is 10.9 Å².